The number of hydrogen-bond acceptors (Lipinski definition) is 5. The fraction of sp³-hybridized carbons (Fsp3) is 0.333. The molecule has 3 N–H and O–H groups in total. The number of nitrogens with zero attached hydrogens (tertiary/aromatic N) is 2. The Balaban J connectivity index is 2.77. The number of oxime groups is 1. The average Bonchev–Trinajstić information content (AvgIpc) is 2.29. The van der Waals surface area contributed by atoms with Crippen LogP contribution in [-0.2, 0) is 4.74 Å². The Kier molecular flexibility index (Phi) is 4.92. The summed E-state index contributed by atoms with van der Waals surface area (Å²) in [4.78, 5) is 4.93. The van der Waals surface area contributed by atoms with Gasteiger partial charge >= 0.3 is 0 Å². The van der Waals surface area contributed by atoms with Gasteiger partial charge in [0.25, 0.3) is 0 Å². The molecule has 82 valence electrons. The number of amidine groups is 1. The Morgan fingerprint density at radius 3 is 3.20 bits per heavy atom. The molecule has 0 aliphatic carbocycles. The monoisotopic (exact) mass is 227 g/mol. The lowest BCUT2D eigenvalue weighted by Gasteiger charge is -2.05. The quantitative estimate of drug-likeness (QED) is 0.195. The van der Waals surface area contributed by atoms with Gasteiger partial charge in [-0.05, 0) is 12.1 Å². The van der Waals surface area contributed by atoms with Crippen molar-refractivity contribution in [2.45, 2.75) is 4.90 Å². The topological polar surface area (TPSA) is 80.7 Å². The largest absolute Gasteiger partial charge is 0.409 e. The SMILES string of the molecule is COCCSc1cccnc1/C(N)=N/O. The van der Waals surface area contributed by atoms with Gasteiger partial charge in [-0.1, -0.05) is 5.16 Å². The highest BCUT2D eigenvalue weighted by Crippen LogP contribution is 2.20. The van der Waals surface area contributed by atoms with Crippen molar-refractivity contribution in [2.24, 2.45) is 10.9 Å². The third kappa shape index (κ3) is 3.41. The van der Waals surface area contributed by atoms with Gasteiger partial charge in [0.05, 0.1) is 6.61 Å². The molecule has 0 aromatic carbocycles. The molecule has 0 fully saturated rings. The highest BCUT2D eigenvalue weighted by Gasteiger charge is 2.07. The van der Waals surface area contributed by atoms with Crippen LogP contribution in [0.25, 0.3) is 0 Å². The van der Waals surface area contributed by atoms with E-state index < -0.39 is 0 Å². The van der Waals surface area contributed by atoms with Crippen molar-refractivity contribution in [2.75, 3.05) is 19.5 Å². The first kappa shape index (κ1) is 11.8. The molecule has 0 radical (unpaired) electrons. The van der Waals surface area contributed by atoms with Gasteiger partial charge < -0.3 is 15.7 Å². The van der Waals surface area contributed by atoms with Gasteiger partial charge in [0.1, 0.15) is 5.69 Å². The molecule has 0 aliphatic rings. The van der Waals surface area contributed by atoms with Crippen molar-refractivity contribution in [3.8, 4) is 0 Å². The van der Waals surface area contributed by atoms with Crippen LogP contribution in [0.1, 0.15) is 5.69 Å². The minimum absolute atomic E-state index is 0.0236. The number of ether oxygens (including phenoxy) is 1. The van der Waals surface area contributed by atoms with Crippen molar-refractivity contribution in [1.82, 2.24) is 4.98 Å². The van der Waals surface area contributed by atoms with E-state index in [4.69, 9.17) is 15.7 Å². The molecule has 6 heteroatoms. The van der Waals surface area contributed by atoms with Crippen molar-refractivity contribution < 1.29 is 9.94 Å². The van der Waals surface area contributed by atoms with Crippen LogP contribution in [0, 0.1) is 0 Å². The molecule has 0 amide bonds. The van der Waals surface area contributed by atoms with E-state index >= 15 is 0 Å². The van der Waals surface area contributed by atoms with Gasteiger partial charge in [-0.2, -0.15) is 0 Å². The smallest absolute Gasteiger partial charge is 0.189 e. The summed E-state index contributed by atoms with van der Waals surface area (Å²) in [7, 11) is 1.65. The fourth-order valence-corrected chi connectivity index (χ4v) is 1.92. The van der Waals surface area contributed by atoms with Crippen LogP contribution in [0.15, 0.2) is 28.4 Å². The molecule has 0 saturated heterocycles. The summed E-state index contributed by atoms with van der Waals surface area (Å²) in [6.07, 6.45) is 1.60. The summed E-state index contributed by atoms with van der Waals surface area (Å²) in [5.74, 6) is 0.823. The van der Waals surface area contributed by atoms with E-state index in [1.165, 1.54) is 0 Å². The lowest BCUT2D eigenvalue weighted by Crippen LogP contribution is -2.16. The second-order valence-electron chi connectivity index (χ2n) is 2.68. The Morgan fingerprint density at radius 1 is 1.73 bits per heavy atom. The zero-order valence-corrected chi connectivity index (χ0v) is 9.20. The maximum Gasteiger partial charge on any atom is 0.189 e. The van der Waals surface area contributed by atoms with Crippen LogP contribution in [-0.4, -0.2) is 35.5 Å². The third-order valence-electron chi connectivity index (χ3n) is 1.67. The number of pyridine rings is 1. The molecule has 0 bridgehead atoms. The molecular weight excluding hydrogens is 214 g/mol. The highest BCUT2D eigenvalue weighted by molar-refractivity contribution is 7.99. The zero-order valence-electron chi connectivity index (χ0n) is 8.38. The molecule has 0 atom stereocenters. The Hall–Kier alpha value is -1.27. The molecular formula is C9H13N3O2S. The molecule has 15 heavy (non-hydrogen) atoms. The van der Waals surface area contributed by atoms with E-state index in [0.29, 0.717) is 12.3 Å². The minimum Gasteiger partial charge on any atom is -0.409 e. The third-order valence-corrected chi connectivity index (χ3v) is 2.68. The number of hydrogen-bond donors (Lipinski definition) is 2. The molecule has 1 rings (SSSR count). The summed E-state index contributed by atoms with van der Waals surface area (Å²) in [5.41, 5.74) is 5.99. The Bertz CT molecular complexity index is 344. The lowest BCUT2D eigenvalue weighted by atomic mass is 10.3. The molecule has 5 nitrogen and oxygen atoms in total. The summed E-state index contributed by atoms with van der Waals surface area (Å²) in [6.45, 7) is 0.648. The van der Waals surface area contributed by atoms with Crippen LogP contribution in [0.3, 0.4) is 0 Å². The summed E-state index contributed by atoms with van der Waals surface area (Å²) >= 11 is 1.56. The predicted molar refractivity (Wildman–Crippen MR) is 59.3 cm³/mol. The molecule has 0 aliphatic heterocycles. The van der Waals surface area contributed by atoms with E-state index in [1.807, 2.05) is 12.1 Å². The van der Waals surface area contributed by atoms with Gasteiger partial charge in [0.2, 0.25) is 0 Å². The van der Waals surface area contributed by atoms with Gasteiger partial charge in [-0.25, -0.2) is 0 Å². The van der Waals surface area contributed by atoms with Crippen LogP contribution in [0.2, 0.25) is 0 Å². The minimum atomic E-state index is 0.0236. The van der Waals surface area contributed by atoms with Crippen LogP contribution in [0.5, 0.6) is 0 Å². The predicted octanol–water partition coefficient (Wildman–Crippen LogP) is 0.915. The number of methoxy groups -OCH3 is 1. The maximum absolute atomic E-state index is 8.57. The second-order valence-corrected chi connectivity index (χ2v) is 3.81. The first-order chi connectivity index (χ1) is 7.29. The first-order valence-corrected chi connectivity index (χ1v) is 5.32. The number of rotatable bonds is 5. The number of aromatic nitrogens is 1. The zero-order chi connectivity index (χ0) is 11.1. The van der Waals surface area contributed by atoms with E-state index in [2.05, 4.69) is 10.1 Å². The Labute approximate surface area is 92.3 Å². The Morgan fingerprint density at radius 2 is 2.53 bits per heavy atom. The summed E-state index contributed by atoms with van der Waals surface area (Å²) in [6, 6.07) is 3.68. The van der Waals surface area contributed by atoms with E-state index in [1.54, 1.807) is 25.1 Å². The second kappa shape index (κ2) is 6.26. The molecule has 0 unspecified atom stereocenters. The van der Waals surface area contributed by atoms with Crippen molar-refractivity contribution in [1.29, 1.82) is 0 Å². The van der Waals surface area contributed by atoms with Crippen molar-refractivity contribution in [3.63, 3.8) is 0 Å². The van der Waals surface area contributed by atoms with E-state index in [-0.39, 0.29) is 5.84 Å². The van der Waals surface area contributed by atoms with E-state index in [9.17, 15) is 0 Å². The molecule has 1 heterocycles. The van der Waals surface area contributed by atoms with Gasteiger partial charge in [0.15, 0.2) is 5.84 Å². The average molecular weight is 227 g/mol. The number of thioether (sulfide) groups is 1. The molecule has 0 spiro atoms. The van der Waals surface area contributed by atoms with Crippen LogP contribution in [0.4, 0.5) is 0 Å². The highest BCUT2D eigenvalue weighted by atomic mass is 32.2. The van der Waals surface area contributed by atoms with Crippen molar-refractivity contribution >= 4 is 17.6 Å². The number of nitrogens with two attached hydrogens (primary N) is 1. The normalized spacial score (nSPS) is 11.7. The van der Waals surface area contributed by atoms with Gasteiger partial charge in [0, 0.05) is 24.0 Å². The van der Waals surface area contributed by atoms with Gasteiger partial charge in [-0.15, -0.1) is 11.8 Å². The standard InChI is InChI=1S/C9H13N3O2S/c1-14-5-6-15-7-3-2-4-11-8(7)9(10)12-13/h2-4,13H,5-6H2,1H3,(H2,10,12). The van der Waals surface area contributed by atoms with Gasteiger partial charge in [-0.3, -0.25) is 4.98 Å². The maximum atomic E-state index is 8.57. The summed E-state index contributed by atoms with van der Waals surface area (Å²) in [5, 5.41) is 11.5. The molecule has 0 saturated carbocycles. The molecule has 1 aromatic heterocycles. The van der Waals surface area contributed by atoms with Crippen LogP contribution < -0.4 is 5.73 Å². The van der Waals surface area contributed by atoms with Crippen molar-refractivity contribution in [3.05, 3.63) is 24.0 Å². The summed E-state index contributed by atoms with van der Waals surface area (Å²) < 4.78 is 4.94. The first-order valence-electron chi connectivity index (χ1n) is 4.34. The van der Waals surface area contributed by atoms with Crippen LogP contribution >= 0.6 is 11.8 Å². The van der Waals surface area contributed by atoms with E-state index in [0.717, 1.165) is 10.6 Å². The fourth-order valence-electron chi connectivity index (χ4n) is 0.982. The molecule has 1 aromatic rings. The lowest BCUT2D eigenvalue weighted by molar-refractivity contribution is 0.218.